The molecule has 0 saturated carbocycles. The van der Waals surface area contributed by atoms with Gasteiger partial charge >= 0.3 is 6.03 Å². The molecule has 0 aliphatic rings. The van der Waals surface area contributed by atoms with Gasteiger partial charge in [0.15, 0.2) is 0 Å². The van der Waals surface area contributed by atoms with E-state index >= 15 is 0 Å². The molecular formula is C16H14BrN5O2S. The summed E-state index contributed by atoms with van der Waals surface area (Å²) >= 11 is 4.57. The molecule has 25 heavy (non-hydrogen) atoms. The Morgan fingerprint density at radius 2 is 1.92 bits per heavy atom. The summed E-state index contributed by atoms with van der Waals surface area (Å²) in [5.74, 6) is -0.366. The molecule has 0 saturated heterocycles. The normalized spacial score (nSPS) is 10.3. The number of hydrazine groups is 1. The molecule has 7 nitrogen and oxygen atoms in total. The van der Waals surface area contributed by atoms with E-state index in [-0.39, 0.29) is 5.91 Å². The summed E-state index contributed by atoms with van der Waals surface area (Å²) in [6.07, 6.45) is 3.57. The minimum absolute atomic E-state index is 0.339. The van der Waals surface area contributed by atoms with Crippen LogP contribution in [0, 0.1) is 0 Å². The van der Waals surface area contributed by atoms with Gasteiger partial charge in [-0.3, -0.25) is 10.2 Å². The second-order valence-corrected chi connectivity index (χ2v) is 7.45. The zero-order valence-electron chi connectivity index (χ0n) is 12.9. The number of aromatic nitrogens is 2. The van der Waals surface area contributed by atoms with Gasteiger partial charge in [0.1, 0.15) is 0 Å². The summed E-state index contributed by atoms with van der Waals surface area (Å²) in [6.45, 7) is 0.339. The SMILES string of the molecule is O=C(NCc1ccc(-n2cccn2)cc1)NNC(=O)c1ccc(Br)s1. The van der Waals surface area contributed by atoms with Gasteiger partial charge in [0.25, 0.3) is 5.91 Å². The minimum atomic E-state index is -0.486. The van der Waals surface area contributed by atoms with Gasteiger partial charge in [-0.25, -0.2) is 14.9 Å². The van der Waals surface area contributed by atoms with Crippen molar-refractivity contribution in [1.29, 1.82) is 0 Å². The molecule has 0 atom stereocenters. The third-order valence-corrected chi connectivity index (χ3v) is 4.87. The molecule has 0 bridgehead atoms. The summed E-state index contributed by atoms with van der Waals surface area (Å²) < 4.78 is 2.60. The zero-order chi connectivity index (χ0) is 17.6. The highest BCUT2D eigenvalue weighted by atomic mass is 79.9. The van der Waals surface area contributed by atoms with Crippen LogP contribution in [0.15, 0.2) is 58.6 Å². The van der Waals surface area contributed by atoms with Crippen LogP contribution in [0.4, 0.5) is 4.79 Å². The van der Waals surface area contributed by atoms with Gasteiger partial charge in [0, 0.05) is 18.9 Å². The summed E-state index contributed by atoms with van der Waals surface area (Å²) in [7, 11) is 0. The molecule has 3 N–H and O–H groups in total. The Hall–Kier alpha value is -2.65. The molecular weight excluding hydrogens is 406 g/mol. The Labute approximate surface area is 156 Å². The van der Waals surface area contributed by atoms with Crippen molar-refractivity contribution >= 4 is 39.2 Å². The van der Waals surface area contributed by atoms with Gasteiger partial charge in [0.2, 0.25) is 0 Å². The molecule has 0 radical (unpaired) electrons. The zero-order valence-corrected chi connectivity index (χ0v) is 15.3. The first-order valence-electron chi connectivity index (χ1n) is 7.30. The van der Waals surface area contributed by atoms with Crippen LogP contribution in [-0.4, -0.2) is 21.7 Å². The maximum atomic E-state index is 11.8. The molecule has 128 valence electrons. The lowest BCUT2D eigenvalue weighted by atomic mass is 10.2. The van der Waals surface area contributed by atoms with Crippen LogP contribution in [-0.2, 0) is 6.54 Å². The minimum Gasteiger partial charge on any atom is -0.333 e. The number of hydrogen-bond acceptors (Lipinski definition) is 4. The molecule has 2 heterocycles. The Bertz CT molecular complexity index is 861. The van der Waals surface area contributed by atoms with E-state index in [2.05, 4.69) is 37.2 Å². The van der Waals surface area contributed by atoms with Crippen molar-refractivity contribution in [2.24, 2.45) is 0 Å². The highest BCUT2D eigenvalue weighted by Crippen LogP contribution is 2.21. The Morgan fingerprint density at radius 1 is 1.12 bits per heavy atom. The van der Waals surface area contributed by atoms with Gasteiger partial charge in [-0.1, -0.05) is 12.1 Å². The number of carbonyl (C=O) groups excluding carboxylic acids is 2. The molecule has 3 amide bonds. The van der Waals surface area contributed by atoms with Crippen molar-refractivity contribution in [3.63, 3.8) is 0 Å². The number of nitrogens with one attached hydrogen (secondary N) is 3. The molecule has 0 aliphatic heterocycles. The molecule has 0 spiro atoms. The average molecular weight is 420 g/mol. The van der Waals surface area contributed by atoms with E-state index in [1.807, 2.05) is 36.5 Å². The van der Waals surface area contributed by atoms with Crippen LogP contribution in [0.25, 0.3) is 5.69 Å². The Morgan fingerprint density at radius 3 is 2.56 bits per heavy atom. The summed E-state index contributed by atoms with van der Waals surface area (Å²) in [5, 5.41) is 6.82. The van der Waals surface area contributed by atoms with E-state index in [1.54, 1.807) is 23.0 Å². The van der Waals surface area contributed by atoms with Crippen LogP contribution >= 0.6 is 27.3 Å². The lowest BCUT2D eigenvalue weighted by Crippen LogP contribution is -2.46. The maximum Gasteiger partial charge on any atom is 0.333 e. The van der Waals surface area contributed by atoms with Crippen molar-refractivity contribution in [1.82, 2.24) is 25.9 Å². The standard InChI is InChI=1S/C16H14BrN5O2S/c17-14-7-6-13(25-14)15(23)20-21-16(24)18-10-11-2-4-12(5-3-11)22-9-1-8-19-22/h1-9H,10H2,(H,20,23)(H2,18,21,24). The second-order valence-electron chi connectivity index (χ2n) is 4.98. The van der Waals surface area contributed by atoms with E-state index in [9.17, 15) is 9.59 Å². The highest BCUT2D eigenvalue weighted by Gasteiger charge is 2.09. The van der Waals surface area contributed by atoms with Crippen molar-refractivity contribution in [2.45, 2.75) is 6.54 Å². The largest absolute Gasteiger partial charge is 0.333 e. The molecule has 9 heteroatoms. The van der Waals surface area contributed by atoms with E-state index in [1.165, 1.54) is 11.3 Å². The van der Waals surface area contributed by atoms with E-state index in [0.717, 1.165) is 15.0 Å². The first-order chi connectivity index (χ1) is 12.1. The quantitative estimate of drug-likeness (QED) is 0.568. The van der Waals surface area contributed by atoms with E-state index in [4.69, 9.17) is 0 Å². The molecule has 3 aromatic rings. The smallest absolute Gasteiger partial charge is 0.333 e. The molecule has 0 unspecified atom stereocenters. The number of amides is 3. The first-order valence-corrected chi connectivity index (χ1v) is 8.91. The summed E-state index contributed by atoms with van der Waals surface area (Å²) in [5.41, 5.74) is 6.54. The van der Waals surface area contributed by atoms with Crippen LogP contribution in [0.1, 0.15) is 15.2 Å². The second kappa shape index (κ2) is 7.95. The number of halogens is 1. The predicted octanol–water partition coefficient (Wildman–Crippen LogP) is 2.84. The van der Waals surface area contributed by atoms with Gasteiger partial charge < -0.3 is 5.32 Å². The topological polar surface area (TPSA) is 88.1 Å². The molecule has 1 aromatic carbocycles. The Balaban J connectivity index is 1.45. The fourth-order valence-electron chi connectivity index (χ4n) is 2.03. The third kappa shape index (κ3) is 4.68. The maximum absolute atomic E-state index is 11.8. The summed E-state index contributed by atoms with van der Waals surface area (Å²) in [4.78, 5) is 24.1. The summed E-state index contributed by atoms with van der Waals surface area (Å²) in [6, 6.07) is 12.4. The van der Waals surface area contributed by atoms with Crippen molar-refractivity contribution in [3.8, 4) is 5.69 Å². The predicted molar refractivity (Wildman–Crippen MR) is 98.4 cm³/mol. The van der Waals surface area contributed by atoms with Gasteiger partial charge in [-0.15, -0.1) is 11.3 Å². The molecule has 2 aromatic heterocycles. The van der Waals surface area contributed by atoms with Gasteiger partial charge in [-0.2, -0.15) is 5.10 Å². The van der Waals surface area contributed by atoms with Crippen LogP contribution in [0.5, 0.6) is 0 Å². The number of rotatable bonds is 4. The van der Waals surface area contributed by atoms with Crippen LogP contribution < -0.4 is 16.2 Å². The highest BCUT2D eigenvalue weighted by molar-refractivity contribution is 9.11. The number of nitrogens with zero attached hydrogens (tertiary/aromatic N) is 2. The molecule has 0 fully saturated rings. The number of thiophene rings is 1. The van der Waals surface area contributed by atoms with Crippen LogP contribution in [0.3, 0.4) is 0 Å². The lowest BCUT2D eigenvalue weighted by Gasteiger charge is -2.09. The average Bonchev–Trinajstić information content (AvgIpc) is 3.30. The van der Waals surface area contributed by atoms with Gasteiger partial charge in [0.05, 0.1) is 14.4 Å². The van der Waals surface area contributed by atoms with E-state index < -0.39 is 6.03 Å². The molecule has 3 rings (SSSR count). The van der Waals surface area contributed by atoms with Crippen molar-refractivity contribution in [3.05, 3.63) is 69.1 Å². The lowest BCUT2D eigenvalue weighted by molar-refractivity contribution is 0.0940. The van der Waals surface area contributed by atoms with Crippen molar-refractivity contribution in [2.75, 3.05) is 0 Å². The number of benzene rings is 1. The number of urea groups is 1. The fraction of sp³-hybridized carbons (Fsp3) is 0.0625. The van der Waals surface area contributed by atoms with E-state index in [0.29, 0.717) is 11.4 Å². The fourth-order valence-corrected chi connectivity index (χ4v) is 3.31. The van der Waals surface area contributed by atoms with Crippen LogP contribution in [0.2, 0.25) is 0 Å². The van der Waals surface area contributed by atoms with Gasteiger partial charge in [-0.05, 0) is 51.8 Å². The monoisotopic (exact) mass is 419 g/mol. The van der Waals surface area contributed by atoms with Crippen molar-refractivity contribution < 1.29 is 9.59 Å². The number of carbonyl (C=O) groups is 2. The number of hydrogen-bond donors (Lipinski definition) is 3. The first kappa shape index (κ1) is 17.2. The third-order valence-electron chi connectivity index (χ3n) is 3.24. The molecule has 0 aliphatic carbocycles. The Kier molecular flexibility index (Phi) is 5.46.